The van der Waals surface area contributed by atoms with Gasteiger partial charge in [-0.1, -0.05) is 43.4 Å². The van der Waals surface area contributed by atoms with Crippen LogP contribution in [-0.2, 0) is 4.79 Å². The number of fused-ring (bicyclic) bond motifs is 1. The average molecular weight is 600 g/mol. The van der Waals surface area contributed by atoms with Crippen LogP contribution in [0.1, 0.15) is 65.0 Å². The number of carbonyl (C=O) groups is 1. The van der Waals surface area contributed by atoms with Crippen LogP contribution in [0.2, 0.25) is 0 Å². The molecular formula is C28H35BrN6O4. The number of nitrogens with zero attached hydrogens (tertiary/aromatic N) is 4. The highest BCUT2D eigenvalue weighted by Gasteiger charge is 2.35. The van der Waals surface area contributed by atoms with E-state index in [0.717, 1.165) is 29.3 Å². The maximum Gasteiger partial charge on any atom is 0.255 e. The maximum atomic E-state index is 13.8. The highest BCUT2D eigenvalue weighted by molar-refractivity contribution is 9.10. The van der Waals surface area contributed by atoms with E-state index < -0.39 is 6.04 Å². The molecule has 1 atom stereocenters. The number of ether oxygens (including phenoxy) is 3. The van der Waals surface area contributed by atoms with Gasteiger partial charge in [0.1, 0.15) is 11.8 Å². The number of unbranched alkanes of at least 4 members (excludes halogenated alkanes) is 3. The van der Waals surface area contributed by atoms with E-state index in [4.69, 9.17) is 14.2 Å². The van der Waals surface area contributed by atoms with Crippen LogP contribution in [0.3, 0.4) is 0 Å². The van der Waals surface area contributed by atoms with Gasteiger partial charge in [-0.25, -0.2) is 0 Å². The van der Waals surface area contributed by atoms with Crippen molar-refractivity contribution in [3.63, 3.8) is 0 Å². The van der Waals surface area contributed by atoms with Crippen LogP contribution in [0.25, 0.3) is 0 Å². The van der Waals surface area contributed by atoms with Crippen molar-refractivity contribution in [2.24, 2.45) is 0 Å². The van der Waals surface area contributed by atoms with E-state index in [1.54, 1.807) is 4.68 Å². The SMILES string of the molecule is CCCCCCOc1c(Br)cc(C2C(C(=O)Nc3ccccc3OCC)=C(C)Nc3nnnn32)cc1OCC. The maximum absolute atomic E-state index is 13.8. The predicted molar refractivity (Wildman–Crippen MR) is 153 cm³/mol. The quantitative estimate of drug-likeness (QED) is 0.226. The number of carbonyl (C=O) groups excluding carboxylic acids is 1. The van der Waals surface area contributed by atoms with Crippen LogP contribution >= 0.6 is 15.9 Å². The Morgan fingerprint density at radius 1 is 1.05 bits per heavy atom. The molecule has 2 heterocycles. The number of benzene rings is 2. The predicted octanol–water partition coefficient (Wildman–Crippen LogP) is 6.12. The third-order valence-electron chi connectivity index (χ3n) is 6.29. The van der Waals surface area contributed by atoms with Gasteiger partial charge in [-0.3, -0.25) is 4.79 Å². The molecule has 10 nitrogen and oxygen atoms in total. The molecule has 0 saturated carbocycles. The summed E-state index contributed by atoms with van der Waals surface area (Å²) in [5, 5.41) is 18.3. The van der Waals surface area contributed by atoms with Crippen LogP contribution in [-0.4, -0.2) is 45.9 Å². The summed E-state index contributed by atoms with van der Waals surface area (Å²) < 4.78 is 20.2. The van der Waals surface area contributed by atoms with E-state index in [1.807, 2.05) is 57.2 Å². The fourth-order valence-corrected chi connectivity index (χ4v) is 5.08. The van der Waals surface area contributed by atoms with Crippen molar-refractivity contribution in [1.29, 1.82) is 0 Å². The minimum Gasteiger partial charge on any atom is -0.492 e. The van der Waals surface area contributed by atoms with Gasteiger partial charge in [0.25, 0.3) is 5.91 Å². The van der Waals surface area contributed by atoms with Gasteiger partial charge in [-0.15, -0.1) is 0 Å². The molecule has 0 saturated heterocycles. The Labute approximate surface area is 237 Å². The molecule has 11 heteroatoms. The zero-order chi connectivity index (χ0) is 27.8. The standard InChI is InChI=1S/C28H35BrN6O4/c1-5-8-9-12-15-39-26-20(29)16-19(17-23(26)38-7-3)25-24(18(4)30-28-32-33-34-35(25)28)27(36)31-21-13-10-11-14-22(21)37-6-2/h10-11,13-14,16-17,25H,5-9,12,15H2,1-4H3,(H,31,36)(H,30,32,34). The first-order valence-corrected chi connectivity index (χ1v) is 14.2. The molecule has 0 fully saturated rings. The van der Waals surface area contributed by atoms with E-state index in [2.05, 4.69) is 49.0 Å². The number of tetrazole rings is 1. The fourth-order valence-electron chi connectivity index (χ4n) is 4.51. The van der Waals surface area contributed by atoms with Gasteiger partial charge in [-0.05, 0) is 83.4 Å². The summed E-state index contributed by atoms with van der Waals surface area (Å²) in [5.74, 6) is 1.96. The molecule has 4 rings (SSSR count). The second-order valence-electron chi connectivity index (χ2n) is 9.07. The Balaban J connectivity index is 1.71. The summed E-state index contributed by atoms with van der Waals surface area (Å²) in [6, 6.07) is 10.5. The molecule has 1 amide bonds. The number of para-hydroxylation sites is 2. The van der Waals surface area contributed by atoms with Gasteiger partial charge in [0.05, 0.1) is 35.6 Å². The Morgan fingerprint density at radius 3 is 2.59 bits per heavy atom. The van der Waals surface area contributed by atoms with Gasteiger partial charge in [0.2, 0.25) is 5.95 Å². The molecule has 0 bridgehead atoms. The van der Waals surface area contributed by atoms with Crippen molar-refractivity contribution in [2.45, 2.75) is 59.4 Å². The molecule has 0 spiro atoms. The largest absolute Gasteiger partial charge is 0.492 e. The Kier molecular flexibility index (Phi) is 9.80. The van der Waals surface area contributed by atoms with Crippen molar-refractivity contribution < 1.29 is 19.0 Å². The third kappa shape index (κ3) is 6.52. The molecule has 1 aromatic heterocycles. The van der Waals surface area contributed by atoms with Gasteiger partial charge in [-0.2, -0.15) is 4.68 Å². The molecule has 3 aromatic rings. The van der Waals surface area contributed by atoms with Crippen molar-refractivity contribution >= 4 is 33.5 Å². The molecule has 2 aromatic carbocycles. The Hall–Kier alpha value is -3.60. The zero-order valence-corrected chi connectivity index (χ0v) is 24.4. The molecule has 1 aliphatic rings. The molecule has 208 valence electrons. The summed E-state index contributed by atoms with van der Waals surface area (Å²) in [7, 11) is 0. The summed E-state index contributed by atoms with van der Waals surface area (Å²) in [4.78, 5) is 13.8. The summed E-state index contributed by atoms with van der Waals surface area (Å²) >= 11 is 3.69. The van der Waals surface area contributed by atoms with Crippen molar-refractivity contribution in [2.75, 3.05) is 30.5 Å². The Bertz CT molecular complexity index is 1330. The molecular weight excluding hydrogens is 564 g/mol. The second kappa shape index (κ2) is 13.5. The first-order valence-electron chi connectivity index (χ1n) is 13.4. The van der Waals surface area contributed by atoms with E-state index in [9.17, 15) is 4.79 Å². The van der Waals surface area contributed by atoms with Crippen LogP contribution in [0.4, 0.5) is 11.6 Å². The van der Waals surface area contributed by atoms with E-state index >= 15 is 0 Å². The number of allylic oxidation sites excluding steroid dienone is 1. The molecule has 39 heavy (non-hydrogen) atoms. The van der Waals surface area contributed by atoms with Crippen LogP contribution in [0.5, 0.6) is 17.2 Å². The number of anilines is 2. The number of hydrogen-bond acceptors (Lipinski definition) is 8. The van der Waals surface area contributed by atoms with Crippen molar-refractivity contribution in [3.8, 4) is 17.2 Å². The van der Waals surface area contributed by atoms with Gasteiger partial charge < -0.3 is 24.8 Å². The lowest BCUT2D eigenvalue weighted by Crippen LogP contribution is -2.31. The normalized spacial score (nSPS) is 14.4. The summed E-state index contributed by atoms with van der Waals surface area (Å²) in [5.41, 5.74) is 2.44. The monoisotopic (exact) mass is 598 g/mol. The molecule has 1 aliphatic heterocycles. The van der Waals surface area contributed by atoms with E-state index in [1.165, 1.54) is 6.42 Å². The number of nitrogens with one attached hydrogen (secondary N) is 2. The fraction of sp³-hybridized carbons (Fsp3) is 0.429. The number of halogens is 1. The first-order chi connectivity index (χ1) is 19.0. The molecule has 0 radical (unpaired) electrons. The van der Waals surface area contributed by atoms with E-state index in [0.29, 0.717) is 60.0 Å². The van der Waals surface area contributed by atoms with Crippen LogP contribution in [0, 0.1) is 0 Å². The Morgan fingerprint density at radius 2 is 1.82 bits per heavy atom. The lowest BCUT2D eigenvalue weighted by Gasteiger charge is -2.29. The van der Waals surface area contributed by atoms with Gasteiger partial charge >= 0.3 is 0 Å². The summed E-state index contributed by atoms with van der Waals surface area (Å²) in [6.45, 7) is 9.37. The first kappa shape index (κ1) is 28.4. The van der Waals surface area contributed by atoms with E-state index in [-0.39, 0.29) is 5.91 Å². The number of amides is 1. The lowest BCUT2D eigenvalue weighted by atomic mass is 9.94. The number of hydrogen-bond donors (Lipinski definition) is 2. The van der Waals surface area contributed by atoms with Crippen LogP contribution < -0.4 is 24.8 Å². The highest BCUT2D eigenvalue weighted by atomic mass is 79.9. The minimum atomic E-state index is -0.621. The van der Waals surface area contributed by atoms with Crippen molar-refractivity contribution in [1.82, 2.24) is 20.2 Å². The topological polar surface area (TPSA) is 112 Å². The van der Waals surface area contributed by atoms with Crippen molar-refractivity contribution in [3.05, 3.63) is 57.7 Å². The zero-order valence-electron chi connectivity index (χ0n) is 22.8. The number of rotatable bonds is 13. The second-order valence-corrected chi connectivity index (χ2v) is 9.92. The molecule has 2 N–H and O–H groups in total. The lowest BCUT2D eigenvalue weighted by molar-refractivity contribution is -0.113. The summed E-state index contributed by atoms with van der Waals surface area (Å²) in [6.07, 6.45) is 4.42. The number of aromatic nitrogens is 4. The van der Waals surface area contributed by atoms with Crippen LogP contribution in [0.15, 0.2) is 52.1 Å². The highest BCUT2D eigenvalue weighted by Crippen LogP contribution is 2.43. The molecule has 1 unspecified atom stereocenters. The minimum absolute atomic E-state index is 0.302. The van der Waals surface area contributed by atoms with Gasteiger partial charge in [0.15, 0.2) is 11.5 Å². The molecule has 0 aliphatic carbocycles. The smallest absolute Gasteiger partial charge is 0.255 e. The average Bonchev–Trinajstić information content (AvgIpc) is 3.38. The third-order valence-corrected chi connectivity index (χ3v) is 6.87. The van der Waals surface area contributed by atoms with Gasteiger partial charge in [0, 0.05) is 5.70 Å².